The van der Waals surface area contributed by atoms with E-state index in [0.29, 0.717) is 25.1 Å². The summed E-state index contributed by atoms with van der Waals surface area (Å²) in [5.74, 6) is 1.96. The molecular formula is C20H34N6O2. The van der Waals surface area contributed by atoms with E-state index in [9.17, 15) is 4.79 Å². The largest absolute Gasteiger partial charge is 0.383 e. The number of hydrogen-bond acceptors (Lipinski definition) is 7. The molecule has 2 fully saturated rings. The Balaban J connectivity index is 1.51. The lowest BCUT2D eigenvalue weighted by molar-refractivity contribution is -0.127. The third-order valence-electron chi connectivity index (χ3n) is 5.80. The van der Waals surface area contributed by atoms with Crippen LogP contribution in [0.15, 0.2) is 6.07 Å². The van der Waals surface area contributed by atoms with Gasteiger partial charge in [-0.25, -0.2) is 4.98 Å². The summed E-state index contributed by atoms with van der Waals surface area (Å²) in [6, 6.07) is 2.61. The molecule has 1 amide bonds. The molecule has 8 heteroatoms. The highest BCUT2D eigenvalue weighted by Crippen LogP contribution is 2.26. The fraction of sp³-hybridized carbons (Fsp3) is 0.750. The van der Waals surface area contributed by atoms with Crippen molar-refractivity contribution in [2.45, 2.75) is 38.6 Å². The number of carbonyl (C=O) groups excluding carboxylic acids is 1. The second-order valence-corrected chi connectivity index (χ2v) is 7.78. The molecule has 0 aliphatic carbocycles. The number of aromatic nitrogens is 2. The Kier molecular flexibility index (Phi) is 7.44. The first-order valence-corrected chi connectivity index (χ1v) is 10.4. The Morgan fingerprint density at radius 3 is 2.75 bits per heavy atom. The van der Waals surface area contributed by atoms with E-state index in [4.69, 9.17) is 4.74 Å². The molecule has 0 aromatic carbocycles. The van der Waals surface area contributed by atoms with Crippen LogP contribution in [0.4, 0.5) is 11.8 Å². The van der Waals surface area contributed by atoms with E-state index in [0.717, 1.165) is 63.4 Å². The van der Waals surface area contributed by atoms with Crippen LogP contribution in [0.3, 0.4) is 0 Å². The molecular weight excluding hydrogens is 356 g/mol. The molecule has 156 valence electrons. The monoisotopic (exact) mass is 390 g/mol. The third kappa shape index (κ3) is 5.32. The van der Waals surface area contributed by atoms with E-state index in [-0.39, 0.29) is 11.8 Å². The molecule has 3 rings (SSSR count). The van der Waals surface area contributed by atoms with Gasteiger partial charge in [-0.3, -0.25) is 9.69 Å². The minimum atomic E-state index is 0.103. The maximum absolute atomic E-state index is 12.4. The van der Waals surface area contributed by atoms with Crippen LogP contribution >= 0.6 is 0 Å². The fourth-order valence-corrected chi connectivity index (χ4v) is 4.26. The molecule has 0 spiro atoms. The number of aryl methyl sites for hydroxylation is 1. The van der Waals surface area contributed by atoms with Crippen LogP contribution in [0.25, 0.3) is 0 Å². The van der Waals surface area contributed by atoms with E-state index >= 15 is 0 Å². The molecule has 2 aliphatic rings. The first kappa shape index (κ1) is 20.8. The van der Waals surface area contributed by atoms with E-state index in [1.807, 2.05) is 14.0 Å². The Morgan fingerprint density at radius 2 is 2.04 bits per heavy atom. The van der Waals surface area contributed by atoms with Gasteiger partial charge in [0.05, 0.1) is 12.5 Å². The van der Waals surface area contributed by atoms with Crippen LogP contribution in [0.2, 0.25) is 0 Å². The molecule has 2 N–H and O–H groups in total. The van der Waals surface area contributed by atoms with Crippen molar-refractivity contribution in [3.05, 3.63) is 11.8 Å². The number of amides is 1. The third-order valence-corrected chi connectivity index (χ3v) is 5.80. The normalized spacial score (nSPS) is 21.5. The van der Waals surface area contributed by atoms with Crippen molar-refractivity contribution in [1.29, 1.82) is 0 Å². The topological polar surface area (TPSA) is 82.6 Å². The lowest BCUT2D eigenvalue weighted by atomic mass is 9.93. The molecule has 8 nitrogen and oxygen atoms in total. The second-order valence-electron chi connectivity index (χ2n) is 7.78. The number of nitrogens with one attached hydrogen (secondary N) is 2. The van der Waals surface area contributed by atoms with E-state index < -0.39 is 0 Å². The zero-order valence-electron chi connectivity index (χ0n) is 17.4. The highest BCUT2D eigenvalue weighted by Gasteiger charge is 2.31. The van der Waals surface area contributed by atoms with Gasteiger partial charge in [-0.1, -0.05) is 0 Å². The summed E-state index contributed by atoms with van der Waals surface area (Å²) < 4.78 is 5.02. The van der Waals surface area contributed by atoms with Crippen LogP contribution < -0.4 is 15.5 Å². The summed E-state index contributed by atoms with van der Waals surface area (Å²) in [7, 11) is 3.51. The highest BCUT2D eigenvalue weighted by atomic mass is 16.5. The number of rotatable bonds is 7. The molecule has 0 bridgehead atoms. The van der Waals surface area contributed by atoms with Gasteiger partial charge in [0.25, 0.3) is 0 Å². The van der Waals surface area contributed by atoms with Gasteiger partial charge in [-0.2, -0.15) is 4.98 Å². The molecule has 1 aromatic heterocycles. The van der Waals surface area contributed by atoms with Crippen LogP contribution in [0.5, 0.6) is 0 Å². The number of likely N-dealkylation sites (tertiary alicyclic amines) is 1. The summed E-state index contributed by atoms with van der Waals surface area (Å²) in [5, 5.41) is 6.04. The van der Waals surface area contributed by atoms with E-state index in [2.05, 4.69) is 36.5 Å². The summed E-state index contributed by atoms with van der Waals surface area (Å²) >= 11 is 0. The predicted molar refractivity (Wildman–Crippen MR) is 111 cm³/mol. The van der Waals surface area contributed by atoms with Crippen molar-refractivity contribution in [3.63, 3.8) is 0 Å². The Bertz CT molecular complexity index is 648. The molecule has 28 heavy (non-hydrogen) atoms. The lowest BCUT2D eigenvalue weighted by Gasteiger charge is -2.42. The molecule has 2 saturated heterocycles. The number of anilines is 2. The first-order chi connectivity index (χ1) is 13.6. The van der Waals surface area contributed by atoms with Crippen molar-refractivity contribution in [2.75, 3.05) is 63.7 Å². The summed E-state index contributed by atoms with van der Waals surface area (Å²) in [6.45, 7) is 7.12. The van der Waals surface area contributed by atoms with Gasteiger partial charge >= 0.3 is 0 Å². The molecule has 0 radical (unpaired) electrons. The van der Waals surface area contributed by atoms with Gasteiger partial charge in [0.15, 0.2) is 0 Å². The van der Waals surface area contributed by atoms with Crippen molar-refractivity contribution in [2.24, 2.45) is 5.92 Å². The van der Waals surface area contributed by atoms with Gasteiger partial charge in [-0.15, -0.1) is 0 Å². The summed E-state index contributed by atoms with van der Waals surface area (Å²) in [6.07, 6.45) is 4.30. The molecule has 1 atom stereocenters. The molecule has 1 aromatic rings. The van der Waals surface area contributed by atoms with Crippen LogP contribution in [0, 0.1) is 12.8 Å². The molecule has 0 unspecified atom stereocenters. The highest BCUT2D eigenvalue weighted by molar-refractivity contribution is 5.78. The minimum Gasteiger partial charge on any atom is -0.383 e. The zero-order chi connectivity index (χ0) is 19.9. The SMILES string of the molecule is CNc1nc(C)cc(N2CCC(N3CCC[C@@H](C(=O)NCCOC)C3)CC2)n1. The van der Waals surface area contributed by atoms with Crippen LogP contribution in [0.1, 0.15) is 31.4 Å². The minimum absolute atomic E-state index is 0.103. The maximum Gasteiger partial charge on any atom is 0.224 e. The van der Waals surface area contributed by atoms with Crippen LogP contribution in [-0.2, 0) is 9.53 Å². The molecule has 2 aliphatic heterocycles. The maximum atomic E-state index is 12.4. The van der Waals surface area contributed by atoms with E-state index in [1.54, 1.807) is 7.11 Å². The number of methoxy groups -OCH3 is 1. The standard InChI is InChI=1S/C20H34N6O2/c1-15-13-18(24-20(21-2)23-15)25-10-6-17(7-11-25)26-9-4-5-16(14-26)19(27)22-8-12-28-3/h13,16-17H,4-12,14H2,1-3H3,(H,22,27)(H,21,23,24)/t16-/m1/s1. The molecule has 0 saturated carbocycles. The molecule has 3 heterocycles. The van der Waals surface area contributed by atoms with Gasteiger partial charge in [0, 0.05) is 58.1 Å². The number of carbonyl (C=O) groups is 1. The first-order valence-electron chi connectivity index (χ1n) is 10.4. The van der Waals surface area contributed by atoms with Crippen molar-refractivity contribution in [1.82, 2.24) is 20.2 Å². The summed E-state index contributed by atoms with van der Waals surface area (Å²) in [5.41, 5.74) is 0.981. The van der Waals surface area contributed by atoms with Crippen molar-refractivity contribution < 1.29 is 9.53 Å². The smallest absolute Gasteiger partial charge is 0.224 e. The number of hydrogen-bond donors (Lipinski definition) is 2. The number of nitrogens with zero attached hydrogens (tertiary/aromatic N) is 4. The predicted octanol–water partition coefficient (Wildman–Crippen LogP) is 1.27. The average molecular weight is 391 g/mol. The second kappa shape index (κ2) is 10.0. The van der Waals surface area contributed by atoms with Gasteiger partial charge in [0.1, 0.15) is 5.82 Å². The Hall–Kier alpha value is -1.93. The van der Waals surface area contributed by atoms with Crippen LogP contribution in [-0.4, -0.2) is 80.3 Å². The average Bonchev–Trinajstić information content (AvgIpc) is 2.73. The number of ether oxygens (including phenoxy) is 1. The summed E-state index contributed by atoms with van der Waals surface area (Å²) in [4.78, 5) is 26.3. The van der Waals surface area contributed by atoms with Crippen molar-refractivity contribution in [3.8, 4) is 0 Å². The van der Waals surface area contributed by atoms with E-state index in [1.165, 1.54) is 0 Å². The van der Waals surface area contributed by atoms with Crippen molar-refractivity contribution >= 4 is 17.7 Å². The van der Waals surface area contributed by atoms with Gasteiger partial charge < -0.3 is 20.3 Å². The quantitative estimate of drug-likeness (QED) is 0.679. The fourth-order valence-electron chi connectivity index (χ4n) is 4.26. The van der Waals surface area contributed by atoms with Gasteiger partial charge in [0.2, 0.25) is 11.9 Å². The van der Waals surface area contributed by atoms with Gasteiger partial charge in [-0.05, 0) is 39.2 Å². The Labute approximate surface area is 168 Å². The lowest BCUT2D eigenvalue weighted by Crippen LogP contribution is -2.51. The Morgan fingerprint density at radius 1 is 1.25 bits per heavy atom. The zero-order valence-corrected chi connectivity index (χ0v) is 17.4. The number of piperidine rings is 2.